The Hall–Kier alpha value is -0.730. The van der Waals surface area contributed by atoms with Crippen LogP contribution in [0.4, 0.5) is 0 Å². The molecule has 88 valence electrons. The van der Waals surface area contributed by atoms with Crippen LogP contribution in [0.2, 0.25) is 0 Å². The number of hydrogen-bond donors (Lipinski definition) is 5. The fourth-order valence-electron chi connectivity index (χ4n) is 1.49. The molecule has 0 saturated carbocycles. The Labute approximate surface area is 86.3 Å². The van der Waals surface area contributed by atoms with Crippen LogP contribution in [0.3, 0.4) is 0 Å². The number of carbonyl (C=O) groups excluding carboxylic acids is 1. The monoisotopic (exact) mass is 221 g/mol. The molecule has 1 saturated heterocycles. The normalized spacial score (nSPS) is 41.3. The average Bonchev–Trinajstić information content (AvgIpc) is 2.18. The minimum Gasteiger partial charge on any atom is -0.394 e. The second kappa shape index (κ2) is 4.86. The van der Waals surface area contributed by atoms with Crippen molar-refractivity contribution >= 4 is 5.91 Å². The summed E-state index contributed by atoms with van der Waals surface area (Å²) >= 11 is 0. The van der Waals surface area contributed by atoms with Crippen molar-refractivity contribution in [3.05, 3.63) is 0 Å². The Bertz CT molecular complexity index is 235. The van der Waals surface area contributed by atoms with Gasteiger partial charge in [-0.05, 0) is 0 Å². The van der Waals surface area contributed by atoms with Gasteiger partial charge < -0.3 is 30.5 Å². The lowest BCUT2D eigenvalue weighted by Gasteiger charge is -2.40. The molecule has 0 bridgehead atoms. The Balaban J connectivity index is 2.70. The highest BCUT2D eigenvalue weighted by Gasteiger charge is 2.43. The summed E-state index contributed by atoms with van der Waals surface area (Å²) in [6.07, 6.45) is -5.24. The molecule has 0 aromatic carbocycles. The molecule has 1 aliphatic heterocycles. The minimum absolute atomic E-state index is 0.462. The van der Waals surface area contributed by atoms with E-state index in [4.69, 9.17) is 9.84 Å². The summed E-state index contributed by atoms with van der Waals surface area (Å²) < 4.78 is 4.81. The fourth-order valence-corrected chi connectivity index (χ4v) is 1.49. The Morgan fingerprint density at radius 3 is 2.40 bits per heavy atom. The van der Waals surface area contributed by atoms with Crippen LogP contribution in [0, 0.1) is 0 Å². The number of carbonyl (C=O) groups is 1. The van der Waals surface area contributed by atoms with Gasteiger partial charge in [-0.2, -0.15) is 0 Å². The van der Waals surface area contributed by atoms with E-state index in [1.165, 1.54) is 6.92 Å². The second-order valence-corrected chi connectivity index (χ2v) is 3.46. The van der Waals surface area contributed by atoms with Gasteiger partial charge in [-0.1, -0.05) is 0 Å². The molecule has 1 rings (SSSR count). The first-order chi connectivity index (χ1) is 6.97. The number of aliphatic hydroxyl groups is 4. The van der Waals surface area contributed by atoms with Gasteiger partial charge in [0.15, 0.2) is 6.29 Å². The van der Waals surface area contributed by atoms with E-state index in [0.29, 0.717) is 0 Å². The van der Waals surface area contributed by atoms with E-state index in [-0.39, 0.29) is 0 Å². The van der Waals surface area contributed by atoms with E-state index in [1.807, 2.05) is 0 Å². The molecule has 1 aliphatic rings. The van der Waals surface area contributed by atoms with E-state index in [2.05, 4.69) is 5.32 Å². The number of ether oxygens (including phenoxy) is 1. The molecule has 0 unspecified atom stereocenters. The minimum atomic E-state index is -1.45. The van der Waals surface area contributed by atoms with Gasteiger partial charge in [0.2, 0.25) is 5.91 Å². The summed E-state index contributed by atoms with van der Waals surface area (Å²) in [6, 6.07) is -1.10. The Morgan fingerprint density at radius 2 is 1.93 bits per heavy atom. The molecule has 1 heterocycles. The largest absolute Gasteiger partial charge is 0.394 e. The summed E-state index contributed by atoms with van der Waals surface area (Å²) in [5.41, 5.74) is 0. The predicted octanol–water partition coefficient (Wildman–Crippen LogP) is -3.08. The highest BCUT2D eigenvalue weighted by molar-refractivity contribution is 5.73. The van der Waals surface area contributed by atoms with Gasteiger partial charge in [-0.25, -0.2) is 0 Å². The number of nitrogens with one attached hydrogen (secondary N) is 1. The standard InChI is InChI=1S/C8H15NO6/c1-3(11)9-5-7(13)6(12)4(2-10)15-8(5)14/h4-8,10,12-14H,2H2,1H3,(H,9,11)/t4-,5+,6+,7-,8+/m1/s1. The zero-order chi connectivity index (χ0) is 11.6. The van der Waals surface area contributed by atoms with Crippen LogP contribution in [-0.4, -0.2) is 63.6 Å². The number of rotatable bonds is 2. The first kappa shape index (κ1) is 12.3. The van der Waals surface area contributed by atoms with Crippen molar-refractivity contribution in [3.8, 4) is 0 Å². The molecule has 0 spiro atoms. The van der Waals surface area contributed by atoms with Gasteiger partial charge in [0.1, 0.15) is 24.4 Å². The van der Waals surface area contributed by atoms with Gasteiger partial charge in [0.05, 0.1) is 6.61 Å². The van der Waals surface area contributed by atoms with Crippen LogP contribution in [0.15, 0.2) is 0 Å². The van der Waals surface area contributed by atoms with Crippen molar-refractivity contribution in [1.82, 2.24) is 5.32 Å². The van der Waals surface area contributed by atoms with Crippen molar-refractivity contribution in [2.45, 2.75) is 37.6 Å². The van der Waals surface area contributed by atoms with Gasteiger partial charge >= 0.3 is 0 Å². The quantitative estimate of drug-likeness (QED) is 0.337. The zero-order valence-corrected chi connectivity index (χ0v) is 8.20. The Morgan fingerprint density at radius 1 is 1.33 bits per heavy atom. The van der Waals surface area contributed by atoms with Crippen LogP contribution in [0.1, 0.15) is 6.92 Å². The molecule has 15 heavy (non-hydrogen) atoms. The highest BCUT2D eigenvalue weighted by atomic mass is 16.6. The summed E-state index contributed by atoms with van der Waals surface area (Å²) in [7, 11) is 0. The zero-order valence-electron chi connectivity index (χ0n) is 8.20. The van der Waals surface area contributed by atoms with Crippen LogP contribution < -0.4 is 5.32 Å². The summed E-state index contributed by atoms with van der Waals surface area (Å²) in [6.45, 7) is 0.687. The smallest absolute Gasteiger partial charge is 0.217 e. The molecule has 1 amide bonds. The third-order valence-corrected chi connectivity index (χ3v) is 2.27. The molecular formula is C8H15NO6. The maximum absolute atomic E-state index is 10.7. The first-order valence-electron chi connectivity index (χ1n) is 4.55. The van der Waals surface area contributed by atoms with Crippen molar-refractivity contribution in [2.75, 3.05) is 6.61 Å². The van der Waals surface area contributed by atoms with E-state index >= 15 is 0 Å². The van der Waals surface area contributed by atoms with E-state index < -0.39 is 43.2 Å². The Kier molecular flexibility index (Phi) is 4.00. The summed E-state index contributed by atoms with van der Waals surface area (Å²) in [5.74, 6) is -0.462. The maximum atomic E-state index is 10.7. The van der Waals surface area contributed by atoms with Crippen LogP contribution in [-0.2, 0) is 9.53 Å². The topological polar surface area (TPSA) is 119 Å². The molecule has 7 heteroatoms. The summed E-state index contributed by atoms with van der Waals surface area (Å²) in [4.78, 5) is 10.7. The van der Waals surface area contributed by atoms with E-state index in [1.54, 1.807) is 0 Å². The number of amides is 1. The van der Waals surface area contributed by atoms with Gasteiger partial charge in [-0.15, -0.1) is 0 Å². The van der Waals surface area contributed by atoms with Gasteiger partial charge in [0.25, 0.3) is 0 Å². The molecule has 5 atom stereocenters. The SMILES string of the molecule is CC(=O)N[C@H]1[C@@H](O)[C@@H](O)[C@@H](CO)O[C@@H]1O. The molecule has 0 aromatic heterocycles. The van der Waals surface area contributed by atoms with Gasteiger partial charge in [0, 0.05) is 6.92 Å². The first-order valence-corrected chi connectivity index (χ1v) is 4.55. The third-order valence-electron chi connectivity index (χ3n) is 2.27. The number of hydrogen-bond acceptors (Lipinski definition) is 6. The van der Waals surface area contributed by atoms with E-state index in [9.17, 15) is 20.1 Å². The molecule has 5 N–H and O–H groups in total. The van der Waals surface area contributed by atoms with Crippen molar-refractivity contribution in [1.29, 1.82) is 0 Å². The average molecular weight is 221 g/mol. The van der Waals surface area contributed by atoms with Crippen LogP contribution >= 0.6 is 0 Å². The predicted molar refractivity (Wildman–Crippen MR) is 47.6 cm³/mol. The van der Waals surface area contributed by atoms with Crippen molar-refractivity contribution < 1.29 is 30.0 Å². The lowest BCUT2D eigenvalue weighted by atomic mass is 9.97. The molecular weight excluding hydrogens is 206 g/mol. The third kappa shape index (κ3) is 2.64. The molecule has 1 fully saturated rings. The van der Waals surface area contributed by atoms with E-state index in [0.717, 1.165) is 0 Å². The molecule has 7 nitrogen and oxygen atoms in total. The lowest BCUT2D eigenvalue weighted by molar-refractivity contribution is -0.253. The van der Waals surface area contributed by atoms with Gasteiger partial charge in [-0.3, -0.25) is 4.79 Å². The fraction of sp³-hybridized carbons (Fsp3) is 0.875. The lowest BCUT2D eigenvalue weighted by Crippen LogP contribution is -2.63. The van der Waals surface area contributed by atoms with Crippen molar-refractivity contribution in [3.63, 3.8) is 0 Å². The molecule has 0 aromatic rings. The molecule has 0 aliphatic carbocycles. The summed E-state index contributed by atoms with van der Waals surface area (Å²) in [5, 5.41) is 39.4. The maximum Gasteiger partial charge on any atom is 0.217 e. The van der Waals surface area contributed by atoms with Crippen LogP contribution in [0.25, 0.3) is 0 Å². The molecule has 0 radical (unpaired) electrons. The highest BCUT2D eigenvalue weighted by Crippen LogP contribution is 2.19. The van der Waals surface area contributed by atoms with Crippen LogP contribution in [0.5, 0.6) is 0 Å². The number of aliphatic hydroxyl groups excluding tert-OH is 4. The van der Waals surface area contributed by atoms with Crippen molar-refractivity contribution in [2.24, 2.45) is 0 Å². The second-order valence-electron chi connectivity index (χ2n) is 3.46.